The molecule has 15 heavy (non-hydrogen) atoms. The number of hydrogen-bond donors (Lipinski definition) is 0. The Hall–Kier alpha value is -1.25. The van der Waals surface area contributed by atoms with Gasteiger partial charge in [-0.15, -0.1) is 6.58 Å². The average molecular weight is 209 g/mol. The predicted octanol–water partition coefficient (Wildman–Crippen LogP) is 2.11. The number of unbranched alkanes of at least 4 members (excludes halogenated alkanes) is 1. The molecule has 0 aliphatic carbocycles. The van der Waals surface area contributed by atoms with Gasteiger partial charge in [0.05, 0.1) is 13.2 Å². The number of rotatable bonds is 7. The highest BCUT2D eigenvalue weighted by molar-refractivity contribution is 5.90. The van der Waals surface area contributed by atoms with E-state index in [0.29, 0.717) is 13.2 Å². The van der Waals surface area contributed by atoms with Crippen LogP contribution in [0.2, 0.25) is 0 Å². The summed E-state index contributed by atoms with van der Waals surface area (Å²) >= 11 is 0. The highest BCUT2D eigenvalue weighted by atomic mass is 16.5. The molecule has 1 aliphatic heterocycles. The van der Waals surface area contributed by atoms with E-state index in [9.17, 15) is 4.79 Å². The highest BCUT2D eigenvalue weighted by Gasteiger charge is 2.21. The fraction of sp³-hybridized carbons (Fsp3) is 0.583. The first kappa shape index (κ1) is 11.8. The molecule has 84 valence electrons. The average Bonchev–Trinajstić information content (AvgIpc) is 2.57. The van der Waals surface area contributed by atoms with Gasteiger partial charge in [-0.3, -0.25) is 4.79 Å². The summed E-state index contributed by atoms with van der Waals surface area (Å²) in [6, 6.07) is 0. The zero-order valence-electron chi connectivity index (χ0n) is 9.37. The van der Waals surface area contributed by atoms with Gasteiger partial charge in [0.25, 0.3) is 0 Å². The van der Waals surface area contributed by atoms with Crippen molar-refractivity contribution in [2.45, 2.75) is 26.2 Å². The van der Waals surface area contributed by atoms with Crippen LogP contribution in [0.15, 0.2) is 24.5 Å². The van der Waals surface area contributed by atoms with Gasteiger partial charge in [0.1, 0.15) is 5.76 Å². The van der Waals surface area contributed by atoms with E-state index in [1.165, 1.54) is 0 Å². The molecular weight excluding hydrogens is 190 g/mol. The van der Waals surface area contributed by atoms with Gasteiger partial charge in [-0.1, -0.05) is 19.4 Å². The van der Waals surface area contributed by atoms with E-state index in [1.807, 2.05) is 11.0 Å². The standard InChI is InChI=1S/C12H19NO2/c1-3-5-7-13-10-11(9-12(13)14)15-8-6-4-2/h4,9H,2-3,5-8,10H2,1H3. The van der Waals surface area contributed by atoms with Crippen molar-refractivity contribution in [2.24, 2.45) is 0 Å². The first-order valence-electron chi connectivity index (χ1n) is 5.51. The molecular formula is C12H19NO2. The molecule has 0 fully saturated rings. The minimum absolute atomic E-state index is 0.0806. The molecule has 0 aromatic heterocycles. The summed E-state index contributed by atoms with van der Waals surface area (Å²) in [4.78, 5) is 13.3. The van der Waals surface area contributed by atoms with E-state index in [0.717, 1.165) is 31.6 Å². The first-order chi connectivity index (χ1) is 7.27. The molecule has 0 atom stereocenters. The van der Waals surface area contributed by atoms with Gasteiger partial charge in [-0.25, -0.2) is 0 Å². The summed E-state index contributed by atoms with van der Waals surface area (Å²) < 4.78 is 5.45. The number of amides is 1. The lowest BCUT2D eigenvalue weighted by molar-refractivity contribution is -0.124. The molecule has 0 radical (unpaired) electrons. The van der Waals surface area contributed by atoms with Crippen molar-refractivity contribution in [3.63, 3.8) is 0 Å². The van der Waals surface area contributed by atoms with Gasteiger partial charge in [-0.05, 0) is 12.8 Å². The van der Waals surface area contributed by atoms with Crippen LogP contribution in [0.5, 0.6) is 0 Å². The molecule has 0 bridgehead atoms. The monoisotopic (exact) mass is 209 g/mol. The Balaban J connectivity index is 2.28. The minimum atomic E-state index is 0.0806. The molecule has 0 saturated carbocycles. The summed E-state index contributed by atoms with van der Waals surface area (Å²) in [5, 5.41) is 0. The van der Waals surface area contributed by atoms with Crippen molar-refractivity contribution in [1.29, 1.82) is 0 Å². The fourth-order valence-corrected chi connectivity index (χ4v) is 1.44. The Kier molecular flexibility index (Phi) is 4.95. The molecule has 1 heterocycles. The van der Waals surface area contributed by atoms with Gasteiger partial charge >= 0.3 is 0 Å². The second-order valence-electron chi connectivity index (χ2n) is 3.65. The van der Waals surface area contributed by atoms with Crippen LogP contribution >= 0.6 is 0 Å². The Morgan fingerprint density at radius 3 is 3.13 bits per heavy atom. The maximum absolute atomic E-state index is 11.5. The summed E-state index contributed by atoms with van der Waals surface area (Å²) in [6.45, 7) is 7.82. The fourth-order valence-electron chi connectivity index (χ4n) is 1.44. The Morgan fingerprint density at radius 2 is 2.47 bits per heavy atom. The van der Waals surface area contributed by atoms with E-state index in [-0.39, 0.29) is 5.91 Å². The maximum atomic E-state index is 11.5. The van der Waals surface area contributed by atoms with E-state index in [2.05, 4.69) is 13.5 Å². The van der Waals surface area contributed by atoms with Crippen LogP contribution in [0.4, 0.5) is 0 Å². The van der Waals surface area contributed by atoms with Gasteiger partial charge in [0.15, 0.2) is 0 Å². The van der Waals surface area contributed by atoms with Crippen molar-refractivity contribution in [3.05, 3.63) is 24.5 Å². The predicted molar refractivity (Wildman–Crippen MR) is 60.3 cm³/mol. The molecule has 3 nitrogen and oxygen atoms in total. The van der Waals surface area contributed by atoms with Crippen LogP contribution in [-0.4, -0.2) is 30.5 Å². The molecule has 0 spiro atoms. The SMILES string of the molecule is C=CCCOC1=CC(=O)N(CCCC)C1. The Bertz CT molecular complexity index is 258. The van der Waals surface area contributed by atoms with E-state index < -0.39 is 0 Å². The van der Waals surface area contributed by atoms with Crippen LogP contribution in [0.3, 0.4) is 0 Å². The molecule has 1 amide bonds. The second-order valence-corrected chi connectivity index (χ2v) is 3.65. The molecule has 0 saturated heterocycles. The van der Waals surface area contributed by atoms with E-state index in [4.69, 9.17) is 4.74 Å². The number of ether oxygens (including phenoxy) is 1. The second kappa shape index (κ2) is 6.27. The van der Waals surface area contributed by atoms with Crippen molar-refractivity contribution in [1.82, 2.24) is 4.90 Å². The molecule has 0 aromatic carbocycles. The van der Waals surface area contributed by atoms with Gasteiger partial charge < -0.3 is 9.64 Å². The summed E-state index contributed by atoms with van der Waals surface area (Å²) in [5.41, 5.74) is 0. The van der Waals surface area contributed by atoms with Crippen LogP contribution in [0.25, 0.3) is 0 Å². The smallest absolute Gasteiger partial charge is 0.250 e. The highest BCUT2D eigenvalue weighted by Crippen LogP contribution is 2.12. The van der Waals surface area contributed by atoms with E-state index in [1.54, 1.807) is 6.08 Å². The first-order valence-corrected chi connectivity index (χ1v) is 5.51. The van der Waals surface area contributed by atoms with Gasteiger partial charge in [-0.2, -0.15) is 0 Å². The zero-order chi connectivity index (χ0) is 11.1. The third kappa shape index (κ3) is 3.78. The Morgan fingerprint density at radius 1 is 1.67 bits per heavy atom. The number of hydrogen-bond acceptors (Lipinski definition) is 2. The summed E-state index contributed by atoms with van der Waals surface area (Å²) in [7, 11) is 0. The summed E-state index contributed by atoms with van der Waals surface area (Å²) in [6.07, 6.45) is 6.39. The quantitative estimate of drug-likeness (QED) is 0.474. The number of carbonyl (C=O) groups excluding carboxylic acids is 1. The zero-order valence-corrected chi connectivity index (χ0v) is 9.37. The van der Waals surface area contributed by atoms with Crippen LogP contribution in [0.1, 0.15) is 26.2 Å². The van der Waals surface area contributed by atoms with Gasteiger partial charge in [0, 0.05) is 12.6 Å². The number of nitrogens with zero attached hydrogens (tertiary/aromatic N) is 1. The van der Waals surface area contributed by atoms with Crippen LogP contribution < -0.4 is 0 Å². The lowest BCUT2D eigenvalue weighted by atomic mass is 10.3. The lowest BCUT2D eigenvalue weighted by Gasteiger charge is -2.15. The van der Waals surface area contributed by atoms with Gasteiger partial charge in [0.2, 0.25) is 5.91 Å². The molecule has 0 aromatic rings. The topological polar surface area (TPSA) is 29.5 Å². The normalized spacial score (nSPS) is 15.4. The van der Waals surface area contributed by atoms with Crippen molar-refractivity contribution < 1.29 is 9.53 Å². The Labute approximate surface area is 91.4 Å². The molecule has 1 aliphatic rings. The third-order valence-corrected chi connectivity index (χ3v) is 2.33. The van der Waals surface area contributed by atoms with E-state index >= 15 is 0 Å². The largest absolute Gasteiger partial charge is 0.496 e. The molecule has 3 heteroatoms. The van der Waals surface area contributed by atoms with Crippen molar-refractivity contribution >= 4 is 5.91 Å². The van der Waals surface area contributed by atoms with Crippen molar-refractivity contribution in [2.75, 3.05) is 19.7 Å². The summed E-state index contributed by atoms with van der Waals surface area (Å²) in [5.74, 6) is 0.870. The third-order valence-electron chi connectivity index (χ3n) is 2.33. The molecule has 0 unspecified atom stereocenters. The van der Waals surface area contributed by atoms with Crippen molar-refractivity contribution in [3.8, 4) is 0 Å². The minimum Gasteiger partial charge on any atom is -0.496 e. The lowest BCUT2D eigenvalue weighted by Crippen LogP contribution is -2.27. The molecule has 0 N–H and O–H groups in total. The number of carbonyl (C=O) groups is 1. The van der Waals surface area contributed by atoms with Crippen LogP contribution in [0, 0.1) is 0 Å². The molecule has 1 rings (SSSR count). The maximum Gasteiger partial charge on any atom is 0.250 e. The van der Waals surface area contributed by atoms with Crippen LogP contribution in [-0.2, 0) is 9.53 Å².